The first-order valence-electron chi connectivity index (χ1n) is 8.27. The number of nitrogens with zero attached hydrogens (tertiary/aromatic N) is 1. The summed E-state index contributed by atoms with van der Waals surface area (Å²) < 4.78 is 5.44. The zero-order valence-electron chi connectivity index (χ0n) is 13.3. The molecule has 0 radical (unpaired) electrons. The Morgan fingerprint density at radius 1 is 1.25 bits per heavy atom. The van der Waals surface area contributed by atoms with E-state index in [-0.39, 0.29) is 17.9 Å². The van der Waals surface area contributed by atoms with E-state index in [0.717, 1.165) is 42.9 Å². The Bertz CT molecular complexity index is 737. The van der Waals surface area contributed by atoms with Gasteiger partial charge >= 0.3 is 6.09 Å². The summed E-state index contributed by atoms with van der Waals surface area (Å²) in [4.78, 5) is 15.5. The minimum Gasteiger partial charge on any atom is -0.508 e. The fraction of sp³-hybridized carbons (Fsp3) is 0.389. The molecule has 2 N–H and O–H groups in total. The number of hydrogen-bond donors (Lipinski definition) is 2. The quantitative estimate of drug-likeness (QED) is 0.897. The zero-order chi connectivity index (χ0) is 16.5. The highest BCUT2D eigenvalue weighted by Gasteiger charge is 2.35. The molecule has 1 amide bonds. The van der Waals surface area contributed by atoms with Crippen LogP contribution in [0.2, 0.25) is 0 Å². The summed E-state index contributed by atoms with van der Waals surface area (Å²) >= 11 is 1.40. The molecule has 0 unspecified atom stereocenters. The summed E-state index contributed by atoms with van der Waals surface area (Å²) in [6, 6.07) is 10.9. The van der Waals surface area contributed by atoms with Crippen molar-refractivity contribution in [3.05, 3.63) is 36.4 Å². The minimum atomic E-state index is -0.377. The van der Waals surface area contributed by atoms with Gasteiger partial charge in [0, 0.05) is 17.5 Å². The Hall–Kier alpha value is -2.05. The molecule has 1 aromatic carbocycles. The third kappa shape index (κ3) is 3.25. The number of thiophene rings is 1. The molecule has 5 rings (SSSR count). The number of piperidine rings is 3. The van der Waals surface area contributed by atoms with Crippen molar-refractivity contribution < 1.29 is 14.6 Å². The van der Waals surface area contributed by atoms with Crippen molar-refractivity contribution in [1.82, 2.24) is 10.2 Å². The van der Waals surface area contributed by atoms with Gasteiger partial charge in [-0.3, -0.25) is 0 Å². The lowest BCUT2D eigenvalue weighted by atomic mass is 9.84. The molecule has 126 valence electrons. The Morgan fingerprint density at radius 2 is 2.08 bits per heavy atom. The summed E-state index contributed by atoms with van der Waals surface area (Å²) in [6.45, 7) is 3.23. The average molecular weight is 344 g/mol. The number of ether oxygens (including phenoxy) is 1. The fourth-order valence-electron chi connectivity index (χ4n) is 3.59. The molecule has 1 aromatic heterocycles. The zero-order valence-corrected chi connectivity index (χ0v) is 14.1. The first-order valence-corrected chi connectivity index (χ1v) is 9.09. The van der Waals surface area contributed by atoms with Gasteiger partial charge in [-0.05, 0) is 61.7 Å². The van der Waals surface area contributed by atoms with Gasteiger partial charge in [-0.1, -0.05) is 23.5 Å². The number of phenols is 1. The molecule has 3 saturated heterocycles. The Morgan fingerprint density at radius 3 is 2.79 bits per heavy atom. The van der Waals surface area contributed by atoms with Crippen LogP contribution in [0, 0.1) is 5.92 Å². The van der Waals surface area contributed by atoms with E-state index < -0.39 is 0 Å². The van der Waals surface area contributed by atoms with Crippen molar-refractivity contribution in [3.63, 3.8) is 0 Å². The lowest BCUT2D eigenvalue weighted by molar-refractivity contribution is 0.0726. The number of amides is 1. The highest BCUT2D eigenvalue weighted by molar-refractivity contribution is 7.17. The van der Waals surface area contributed by atoms with E-state index in [2.05, 4.69) is 10.2 Å². The van der Waals surface area contributed by atoms with Crippen LogP contribution in [-0.2, 0) is 0 Å². The SMILES string of the molecule is O=C(N[C@H]1CN2CCC1CC2)Oc1ccc(-c2cccc(O)c2)s1. The van der Waals surface area contributed by atoms with Crippen molar-refractivity contribution in [2.75, 3.05) is 19.6 Å². The van der Waals surface area contributed by atoms with Crippen LogP contribution in [0.25, 0.3) is 10.4 Å². The van der Waals surface area contributed by atoms with Gasteiger partial charge in [0.2, 0.25) is 0 Å². The molecule has 3 fully saturated rings. The van der Waals surface area contributed by atoms with Crippen molar-refractivity contribution in [3.8, 4) is 21.3 Å². The minimum absolute atomic E-state index is 0.200. The van der Waals surface area contributed by atoms with Crippen LogP contribution in [0.15, 0.2) is 36.4 Å². The van der Waals surface area contributed by atoms with Crippen molar-refractivity contribution in [2.45, 2.75) is 18.9 Å². The molecule has 2 aromatic rings. The maximum Gasteiger partial charge on any atom is 0.413 e. The van der Waals surface area contributed by atoms with Gasteiger partial charge in [0.05, 0.1) is 0 Å². The van der Waals surface area contributed by atoms with Crippen LogP contribution in [0.4, 0.5) is 4.79 Å². The van der Waals surface area contributed by atoms with E-state index in [1.165, 1.54) is 11.3 Å². The van der Waals surface area contributed by atoms with Gasteiger partial charge in [0.1, 0.15) is 5.75 Å². The fourth-order valence-corrected chi connectivity index (χ4v) is 4.44. The average Bonchev–Trinajstić information content (AvgIpc) is 3.04. The van der Waals surface area contributed by atoms with Gasteiger partial charge in [-0.2, -0.15) is 0 Å². The number of aromatic hydroxyl groups is 1. The van der Waals surface area contributed by atoms with Crippen molar-refractivity contribution >= 4 is 17.4 Å². The molecule has 3 aliphatic rings. The van der Waals surface area contributed by atoms with Crippen LogP contribution < -0.4 is 10.1 Å². The topological polar surface area (TPSA) is 61.8 Å². The molecular formula is C18H20N2O3S. The lowest BCUT2D eigenvalue weighted by Gasteiger charge is -2.44. The van der Waals surface area contributed by atoms with Gasteiger partial charge in [-0.15, -0.1) is 0 Å². The van der Waals surface area contributed by atoms with Crippen LogP contribution in [0.3, 0.4) is 0 Å². The van der Waals surface area contributed by atoms with Gasteiger partial charge in [0.15, 0.2) is 5.06 Å². The highest BCUT2D eigenvalue weighted by Crippen LogP contribution is 2.34. The third-order valence-electron chi connectivity index (χ3n) is 4.86. The number of carbonyl (C=O) groups excluding carboxylic acids is 1. The first kappa shape index (κ1) is 15.5. The molecule has 0 aliphatic carbocycles. The van der Waals surface area contributed by atoms with Crippen molar-refractivity contribution in [2.24, 2.45) is 5.92 Å². The Balaban J connectivity index is 1.38. The molecule has 2 bridgehead atoms. The monoisotopic (exact) mass is 344 g/mol. The molecule has 4 heterocycles. The molecule has 0 saturated carbocycles. The summed E-state index contributed by atoms with van der Waals surface area (Å²) in [5, 5.41) is 13.1. The number of benzene rings is 1. The van der Waals surface area contributed by atoms with E-state index in [1.54, 1.807) is 24.3 Å². The molecule has 5 nitrogen and oxygen atoms in total. The Labute approximate surface area is 144 Å². The van der Waals surface area contributed by atoms with Crippen LogP contribution in [0.1, 0.15) is 12.8 Å². The third-order valence-corrected chi connectivity index (χ3v) is 5.88. The number of carbonyl (C=O) groups is 1. The second kappa shape index (κ2) is 6.45. The molecule has 24 heavy (non-hydrogen) atoms. The van der Waals surface area contributed by atoms with E-state index in [4.69, 9.17) is 4.74 Å². The van der Waals surface area contributed by atoms with Crippen LogP contribution in [0.5, 0.6) is 10.8 Å². The number of fused-ring (bicyclic) bond motifs is 3. The van der Waals surface area contributed by atoms with Gasteiger partial charge in [-0.25, -0.2) is 4.79 Å². The molecule has 0 spiro atoms. The van der Waals surface area contributed by atoms with Crippen LogP contribution in [-0.4, -0.2) is 41.8 Å². The van der Waals surface area contributed by atoms with Gasteiger partial charge < -0.3 is 20.1 Å². The molecular weight excluding hydrogens is 324 g/mol. The number of nitrogens with one attached hydrogen (secondary N) is 1. The van der Waals surface area contributed by atoms with Crippen LogP contribution >= 0.6 is 11.3 Å². The second-order valence-electron chi connectivity index (χ2n) is 6.45. The number of phenolic OH excluding ortho intramolecular Hbond substituents is 1. The smallest absolute Gasteiger partial charge is 0.413 e. The molecule has 3 aliphatic heterocycles. The summed E-state index contributed by atoms with van der Waals surface area (Å²) in [5.41, 5.74) is 0.910. The first-order chi connectivity index (χ1) is 11.7. The van der Waals surface area contributed by atoms with Crippen molar-refractivity contribution in [1.29, 1.82) is 0 Å². The molecule has 6 heteroatoms. The summed E-state index contributed by atoms with van der Waals surface area (Å²) in [7, 11) is 0. The summed E-state index contributed by atoms with van der Waals surface area (Å²) in [6.07, 6.45) is 1.94. The predicted octanol–water partition coefficient (Wildman–Crippen LogP) is 3.30. The predicted molar refractivity (Wildman–Crippen MR) is 93.5 cm³/mol. The maximum absolute atomic E-state index is 12.2. The van der Waals surface area contributed by atoms with E-state index in [1.807, 2.05) is 12.1 Å². The van der Waals surface area contributed by atoms with E-state index >= 15 is 0 Å². The van der Waals surface area contributed by atoms with E-state index in [9.17, 15) is 9.90 Å². The number of hydrogen-bond acceptors (Lipinski definition) is 5. The number of rotatable bonds is 3. The van der Waals surface area contributed by atoms with E-state index in [0.29, 0.717) is 11.0 Å². The second-order valence-corrected chi connectivity index (χ2v) is 7.49. The largest absolute Gasteiger partial charge is 0.508 e. The maximum atomic E-state index is 12.2. The normalized spacial score (nSPS) is 25.4. The standard InChI is InChI=1S/C18H20N2O3S/c21-14-3-1-2-13(10-14)16-4-5-17(24-16)23-18(22)19-15-11-20-8-6-12(15)7-9-20/h1-5,10,12,15,21H,6-9,11H2,(H,19,22)/t15-/m0/s1. The Kier molecular flexibility index (Phi) is 4.16. The lowest BCUT2D eigenvalue weighted by Crippen LogP contribution is -2.57. The molecule has 1 atom stereocenters. The highest BCUT2D eigenvalue weighted by atomic mass is 32.1. The summed E-state index contributed by atoms with van der Waals surface area (Å²) in [5.74, 6) is 0.803. The van der Waals surface area contributed by atoms with Gasteiger partial charge in [0.25, 0.3) is 0 Å².